The highest BCUT2D eigenvalue weighted by Gasteiger charge is 2.34. The molecule has 2 atom stereocenters. The fraction of sp³-hybridized carbons (Fsp3) is 0.889. The lowest BCUT2D eigenvalue weighted by Crippen LogP contribution is -2.50. The van der Waals surface area contributed by atoms with E-state index in [1.165, 1.54) is 19.3 Å². The van der Waals surface area contributed by atoms with Crippen LogP contribution in [0.2, 0.25) is 0 Å². The number of carbonyl (C=O) groups excluding carboxylic acids is 2. The molecule has 136 valence electrons. The number of rotatable bonds is 4. The second-order valence-corrected chi connectivity index (χ2v) is 7.50. The zero-order valence-electron chi connectivity index (χ0n) is 14.5. The highest BCUT2D eigenvalue weighted by Crippen LogP contribution is 2.25. The number of amides is 2. The fourth-order valence-electron chi connectivity index (χ4n) is 4.19. The molecule has 3 N–H and O–H groups in total. The third-order valence-electron chi connectivity index (χ3n) is 5.77. The Morgan fingerprint density at radius 2 is 1.71 bits per heavy atom. The maximum atomic E-state index is 12.5. The molecular formula is C18H31N3O3. The summed E-state index contributed by atoms with van der Waals surface area (Å²) in [4.78, 5) is 26.7. The number of nitrogens with zero attached hydrogens (tertiary/aromatic N) is 1. The second kappa shape index (κ2) is 8.30. The van der Waals surface area contributed by atoms with E-state index in [2.05, 4.69) is 5.32 Å². The topological polar surface area (TPSA) is 84.7 Å². The first-order valence-electron chi connectivity index (χ1n) is 9.62. The maximum Gasteiger partial charge on any atom is 0.251 e. The molecule has 1 aliphatic carbocycles. The van der Waals surface area contributed by atoms with E-state index in [1.807, 2.05) is 4.90 Å². The van der Waals surface area contributed by atoms with Gasteiger partial charge in [0, 0.05) is 31.6 Å². The number of nitrogens with one attached hydrogen (secondary N) is 1. The molecule has 3 rings (SSSR count). The van der Waals surface area contributed by atoms with Crippen LogP contribution >= 0.6 is 0 Å². The molecule has 24 heavy (non-hydrogen) atoms. The minimum atomic E-state index is -0.313. The number of likely N-dealkylation sites (tertiary alicyclic amines) is 1. The summed E-state index contributed by atoms with van der Waals surface area (Å²) < 4.78 is 5.71. The molecule has 6 nitrogen and oxygen atoms in total. The van der Waals surface area contributed by atoms with Gasteiger partial charge in [-0.15, -0.1) is 0 Å². The van der Waals surface area contributed by atoms with Gasteiger partial charge in [-0.2, -0.15) is 0 Å². The molecule has 0 aromatic rings. The first-order valence-corrected chi connectivity index (χ1v) is 9.62. The van der Waals surface area contributed by atoms with Crippen molar-refractivity contribution in [1.29, 1.82) is 0 Å². The van der Waals surface area contributed by atoms with Crippen molar-refractivity contribution in [2.24, 2.45) is 11.7 Å². The van der Waals surface area contributed by atoms with Crippen molar-refractivity contribution in [3.05, 3.63) is 0 Å². The van der Waals surface area contributed by atoms with E-state index in [-0.39, 0.29) is 36.0 Å². The highest BCUT2D eigenvalue weighted by atomic mass is 16.5. The number of hydrogen-bond acceptors (Lipinski definition) is 4. The van der Waals surface area contributed by atoms with Crippen LogP contribution in [0, 0.1) is 5.92 Å². The van der Waals surface area contributed by atoms with Crippen LogP contribution in [-0.4, -0.2) is 54.6 Å². The summed E-state index contributed by atoms with van der Waals surface area (Å²) in [7, 11) is 0. The van der Waals surface area contributed by atoms with Gasteiger partial charge >= 0.3 is 0 Å². The molecule has 0 unspecified atom stereocenters. The Hall–Kier alpha value is -1.14. The Labute approximate surface area is 144 Å². The Morgan fingerprint density at radius 1 is 1.00 bits per heavy atom. The summed E-state index contributed by atoms with van der Waals surface area (Å²) in [5, 5.41) is 3.21. The van der Waals surface area contributed by atoms with Gasteiger partial charge in [0.15, 0.2) is 0 Å². The molecule has 0 aromatic carbocycles. The molecule has 0 spiro atoms. The van der Waals surface area contributed by atoms with Gasteiger partial charge < -0.3 is 20.7 Å². The lowest BCUT2D eigenvalue weighted by atomic mass is 9.88. The van der Waals surface area contributed by atoms with Crippen molar-refractivity contribution in [1.82, 2.24) is 10.2 Å². The largest absolute Gasteiger partial charge is 0.364 e. The molecule has 2 amide bonds. The molecule has 2 heterocycles. The predicted molar refractivity (Wildman–Crippen MR) is 91.3 cm³/mol. The lowest BCUT2D eigenvalue weighted by Gasteiger charge is -2.34. The van der Waals surface area contributed by atoms with Crippen LogP contribution in [0.25, 0.3) is 0 Å². The summed E-state index contributed by atoms with van der Waals surface area (Å²) >= 11 is 0. The second-order valence-electron chi connectivity index (χ2n) is 7.50. The monoisotopic (exact) mass is 337 g/mol. The normalized spacial score (nSPS) is 29.6. The molecule has 3 fully saturated rings. The van der Waals surface area contributed by atoms with E-state index in [0.29, 0.717) is 19.6 Å². The van der Waals surface area contributed by atoms with Crippen LogP contribution in [0.5, 0.6) is 0 Å². The van der Waals surface area contributed by atoms with Crippen LogP contribution in [0.4, 0.5) is 0 Å². The van der Waals surface area contributed by atoms with Gasteiger partial charge in [0.25, 0.3) is 5.91 Å². The predicted octanol–water partition coefficient (Wildman–Crippen LogP) is 1.18. The van der Waals surface area contributed by atoms with E-state index >= 15 is 0 Å². The van der Waals surface area contributed by atoms with Crippen LogP contribution in [-0.2, 0) is 14.3 Å². The summed E-state index contributed by atoms with van der Waals surface area (Å²) in [6, 6.07) is 0.213. The van der Waals surface area contributed by atoms with E-state index in [9.17, 15) is 9.59 Å². The maximum absolute atomic E-state index is 12.5. The summed E-state index contributed by atoms with van der Waals surface area (Å²) in [5.41, 5.74) is 5.61. The van der Waals surface area contributed by atoms with Gasteiger partial charge in [-0.3, -0.25) is 9.59 Å². The quantitative estimate of drug-likeness (QED) is 0.807. The summed E-state index contributed by atoms with van der Waals surface area (Å²) in [6.45, 7) is 1.91. The number of nitrogens with two attached hydrogens (primary N) is 1. The average Bonchev–Trinajstić information content (AvgIpc) is 3.11. The van der Waals surface area contributed by atoms with Gasteiger partial charge in [0.2, 0.25) is 5.91 Å². The van der Waals surface area contributed by atoms with E-state index < -0.39 is 0 Å². The SMILES string of the molecule is NC[C@H]1CC[C@@H](C(=O)N2CCC(NC(=O)C3CCCCC3)CC2)O1. The van der Waals surface area contributed by atoms with Crippen molar-refractivity contribution in [2.75, 3.05) is 19.6 Å². The van der Waals surface area contributed by atoms with Crippen LogP contribution < -0.4 is 11.1 Å². The first kappa shape index (κ1) is 17.7. The van der Waals surface area contributed by atoms with E-state index in [0.717, 1.165) is 38.5 Å². The summed E-state index contributed by atoms with van der Waals surface area (Å²) in [5.74, 6) is 0.533. The molecular weight excluding hydrogens is 306 g/mol. The third-order valence-corrected chi connectivity index (χ3v) is 5.77. The van der Waals surface area contributed by atoms with Crippen molar-refractivity contribution in [3.8, 4) is 0 Å². The van der Waals surface area contributed by atoms with E-state index in [4.69, 9.17) is 10.5 Å². The molecule has 0 radical (unpaired) electrons. The van der Waals surface area contributed by atoms with Crippen molar-refractivity contribution in [3.63, 3.8) is 0 Å². The number of ether oxygens (including phenoxy) is 1. The molecule has 1 saturated carbocycles. The van der Waals surface area contributed by atoms with Crippen molar-refractivity contribution in [2.45, 2.75) is 76.0 Å². The number of piperidine rings is 1. The van der Waals surface area contributed by atoms with Gasteiger partial charge in [-0.25, -0.2) is 0 Å². The number of hydrogen-bond donors (Lipinski definition) is 2. The van der Waals surface area contributed by atoms with Crippen LogP contribution in [0.1, 0.15) is 57.8 Å². The smallest absolute Gasteiger partial charge is 0.251 e. The van der Waals surface area contributed by atoms with E-state index in [1.54, 1.807) is 0 Å². The standard InChI is InChI=1S/C18H31N3O3/c19-12-15-6-7-16(24-15)18(23)21-10-8-14(9-11-21)20-17(22)13-4-2-1-3-5-13/h13-16H,1-12,19H2,(H,20,22)/t15-,16+/m1/s1. The van der Waals surface area contributed by atoms with Gasteiger partial charge in [-0.1, -0.05) is 19.3 Å². The minimum Gasteiger partial charge on any atom is -0.364 e. The van der Waals surface area contributed by atoms with Crippen molar-refractivity contribution < 1.29 is 14.3 Å². The molecule has 2 aliphatic heterocycles. The lowest BCUT2D eigenvalue weighted by molar-refractivity contribution is -0.144. The third kappa shape index (κ3) is 4.28. The molecule has 0 bridgehead atoms. The molecule has 6 heteroatoms. The zero-order chi connectivity index (χ0) is 16.9. The minimum absolute atomic E-state index is 0.0336. The molecule has 0 aromatic heterocycles. The van der Waals surface area contributed by atoms with Crippen LogP contribution in [0.15, 0.2) is 0 Å². The Bertz CT molecular complexity index is 443. The fourth-order valence-corrected chi connectivity index (χ4v) is 4.19. The van der Waals surface area contributed by atoms with Gasteiger partial charge in [-0.05, 0) is 38.5 Å². The molecule has 3 aliphatic rings. The Kier molecular flexibility index (Phi) is 6.11. The van der Waals surface area contributed by atoms with Gasteiger partial charge in [0.1, 0.15) is 6.10 Å². The average molecular weight is 337 g/mol. The van der Waals surface area contributed by atoms with Crippen molar-refractivity contribution >= 4 is 11.8 Å². The Balaban J connectivity index is 1.40. The van der Waals surface area contributed by atoms with Crippen LogP contribution in [0.3, 0.4) is 0 Å². The number of carbonyl (C=O) groups is 2. The summed E-state index contributed by atoms with van der Waals surface area (Å²) in [6.07, 6.45) is 8.74. The first-order chi connectivity index (χ1) is 11.7. The van der Waals surface area contributed by atoms with Gasteiger partial charge in [0.05, 0.1) is 6.10 Å². The zero-order valence-corrected chi connectivity index (χ0v) is 14.5. The highest BCUT2D eigenvalue weighted by molar-refractivity contribution is 5.81. The molecule has 2 saturated heterocycles. The Morgan fingerprint density at radius 3 is 2.33 bits per heavy atom.